The van der Waals surface area contributed by atoms with Crippen LogP contribution in [0.2, 0.25) is 0 Å². The summed E-state index contributed by atoms with van der Waals surface area (Å²) in [4.78, 5) is 40.1. The molecule has 0 saturated heterocycles. The summed E-state index contributed by atoms with van der Waals surface area (Å²) in [6, 6.07) is 12.4. The number of nitrogens with one attached hydrogen (secondary N) is 1. The first-order valence-corrected chi connectivity index (χ1v) is 12.5. The fourth-order valence-electron chi connectivity index (χ4n) is 3.97. The van der Waals surface area contributed by atoms with E-state index < -0.39 is 27.9 Å². The third-order valence-corrected chi connectivity index (χ3v) is 7.51. The molecule has 3 rings (SSSR count). The van der Waals surface area contributed by atoms with Gasteiger partial charge in [-0.05, 0) is 43.2 Å². The lowest BCUT2D eigenvalue weighted by Gasteiger charge is -2.31. The Balaban J connectivity index is 1.83. The molecule has 34 heavy (non-hydrogen) atoms. The van der Waals surface area contributed by atoms with Gasteiger partial charge in [-0.25, -0.2) is 12.7 Å². The van der Waals surface area contributed by atoms with Gasteiger partial charge in [0.1, 0.15) is 16.7 Å². The van der Waals surface area contributed by atoms with E-state index in [2.05, 4.69) is 5.32 Å². The quantitative estimate of drug-likeness (QED) is 0.550. The van der Waals surface area contributed by atoms with Gasteiger partial charge >= 0.3 is 0 Å². The van der Waals surface area contributed by atoms with Gasteiger partial charge in [0.05, 0.1) is 12.7 Å². The zero-order valence-electron chi connectivity index (χ0n) is 19.5. The summed E-state index contributed by atoms with van der Waals surface area (Å²) in [7, 11) is -2.48. The Bertz CT molecular complexity index is 1180. The molecule has 10 heteroatoms. The molecule has 0 aromatic heterocycles. The molecule has 1 atom stereocenters. The standard InChI is InChI=1S/C24H29N3O6S/c1-4-20(23(29)25-5-2)26(16-17-9-8-10-18(15-17)33-3)22(28)13-14-27-24(30)19-11-6-7-12-21(19)34(27,31)32/h6-12,15,20H,4-5,13-14,16H2,1-3H3,(H,25,29)/t20-/m0/s1. The SMILES string of the molecule is CCNC(=O)[C@H](CC)N(Cc1cccc(OC)c1)C(=O)CCN1C(=O)c2ccccc2S1(=O)=O. The Morgan fingerprint density at radius 1 is 1.12 bits per heavy atom. The van der Waals surface area contributed by atoms with Crippen molar-refractivity contribution in [2.75, 3.05) is 20.2 Å². The lowest BCUT2D eigenvalue weighted by molar-refractivity contribution is -0.141. The van der Waals surface area contributed by atoms with E-state index in [0.717, 1.165) is 9.87 Å². The van der Waals surface area contributed by atoms with Gasteiger partial charge < -0.3 is 15.0 Å². The maximum Gasteiger partial charge on any atom is 0.269 e. The van der Waals surface area contributed by atoms with Crippen LogP contribution in [-0.2, 0) is 26.2 Å². The average molecular weight is 488 g/mol. The van der Waals surface area contributed by atoms with Crippen LogP contribution in [0.4, 0.5) is 0 Å². The van der Waals surface area contributed by atoms with Gasteiger partial charge in [0.25, 0.3) is 15.9 Å². The van der Waals surface area contributed by atoms with Gasteiger partial charge in [-0.3, -0.25) is 14.4 Å². The molecule has 0 bridgehead atoms. The zero-order chi connectivity index (χ0) is 24.9. The van der Waals surface area contributed by atoms with E-state index in [1.54, 1.807) is 44.2 Å². The fraction of sp³-hybridized carbons (Fsp3) is 0.375. The minimum absolute atomic E-state index is 0.0607. The number of nitrogens with zero attached hydrogens (tertiary/aromatic N) is 2. The van der Waals surface area contributed by atoms with Gasteiger partial charge in [0.15, 0.2) is 0 Å². The molecule has 182 valence electrons. The summed E-state index contributed by atoms with van der Waals surface area (Å²) in [6.45, 7) is 3.83. The van der Waals surface area contributed by atoms with Gasteiger partial charge in [-0.15, -0.1) is 0 Å². The number of rotatable bonds is 10. The van der Waals surface area contributed by atoms with Crippen LogP contribution in [-0.4, -0.2) is 61.6 Å². The van der Waals surface area contributed by atoms with Crippen LogP contribution >= 0.6 is 0 Å². The molecule has 1 aliphatic heterocycles. The second-order valence-corrected chi connectivity index (χ2v) is 9.65. The van der Waals surface area contributed by atoms with Crippen LogP contribution in [0.15, 0.2) is 53.4 Å². The number of sulfonamides is 1. The lowest BCUT2D eigenvalue weighted by Crippen LogP contribution is -2.49. The molecule has 0 radical (unpaired) electrons. The molecular formula is C24H29N3O6S. The third-order valence-electron chi connectivity index (χ3n) is 5.66. The van der Waals surface area contributed by atoms with Gasteiger partial charge in [0, 0.05) is 26.1 Å². The van der Waals surface area contributed by atoms with Crippen LogP contribution in [0.1, 0.15) is 42.6 Å². The molecule has 0 saturated carbocycles. The zero-order valence-corrected chi connectivity index (χ0v) is 20.3. The predicted octanol–water partition coefficient (Wildman–Crippen LogP) is 2.17. The van der Waals surface area contributed by atoms with Crippen molar-refractivity contribution in [2.24, 2.45) is 0 Å². The van der Waals surface area contributed by atoms with E-state index >= 15 is 0 Å². The van der Waals surface area contributed by atoms with Crippen molar-refractivity contribution in [3.05, 3.63) is 59.7 Å². The normalized spacial score (nSPS) is 14.9. The molecule has 1 heterocycles. The Morgan fingerprint density at radius 2 is 1.85 bits per heavy atom. The van der Waals surface area contributed by atoms with E-state index in [0.29, 0.717) is 18.7 Å². The number of likely N-dealkylation sites (N-methyl/N-ethyl adjacent to an activating group) is 1. The maximum atomic E-state index is 13.3. The summed E-state index contributed by atoms with van der Waals surface area (Å²) >= 11 is 0. The van der Waals surface area contributed by atoms with Crippen LogP contribution in [0, 0.1) is 0 Å². The first-order valence-electron chi connectivity index (χ1n) is 11.1. The monoisotopic (exact) mass is 487 g/mol. The van der Waals surface area contributed by atoms with Crippen molar-refractivity contribution in [1.29, 1.82) is 0 Å². The number of amides is 3. The highest BCUT2D eigenvalue weighted by atomic mass is 32.2. The maximum absolute atomic E-state index is 13.3. The number of hydrogen-bond donors (Lipinski definition) is 1. The number of carbonyl (C=O) groups is 3. The minimum atomic E-state index is -4.02. The molecule has 0 unspecified atom stereocenters. The summed E-state index contributed by atoms with van der Waals surface area (Å²) < 4.78 is 31.6. The van der Waals surface area contributed by atoms with E-state index in [1.165, 1.54) is 24.1 Å². The Hall–Kier alpha value is -3.40. The number of carbonyl (C=O) groups excluding carboxylic acids is 3. The number of ether oxygens (including phenoxy) is 1. The molecule has 2 aromatic rings. The van der Waals surface area contributed by atoms with Crippen LogP contribution in [0.5, 0.6) is 5.75 Å². The van der Waals surface area contributed by atoms with Crippen molar-refractivity contribution in [3.63, 3.8) is 0 Å². The molecular weight excluding hydrogens is 458 g/mol. The summed E-state index contributed by atoms with van der Waals surface area (Å²) in [5, 5.41) is 2.75. The molecule has 3 amide bonds. The molecule has 0 spiro atoms. The fourth-order valence-corrected chi connectivity index (χ4v) is 5.54. The molecule has 1 N–H and O–H groups in total. The third kappa shape index (κ3) is 5.06. The molecule has 0 aliphatic carbocycles. The Labute approximate surface area is 199 Å². The van der Waals surface area contributed by atoms with E-state index in [-0.39, 0.29) is 35.9 Å². The smallest absolute Gasteiger partial charge is 0.269 e. The average Bonchev–Trinajstić information content (AvgIpc) is 3.02. The summed E-state index contributed by atoms with van der Waals surface area (Å²) in [5.74, 6) is -0.764. The van der Waals surface area contributed by atoms with Gasteiger partial charge in [0.2, 0.25) is 11.8 Å². The molecule has 2 aromatic carbocycles. The molecule has 0 fully saturated rings. The second kappa shape index (κ2) is 10.7. The largest absolute Gasteiger partial charge is 0.497 e. The van der Waals surface area contributed by atoms with Crippen molar-refractivity contribution in [3.8, 4) is 5.75 Å². The Kier molecular flexibility index (Phi) is 7.93. The first kappa shape index (κ1) is 25.2. The molecule has 9 nitrogen and oxygen atoms in total. The lowest BCUT2D eigenvalue weighted by atomic mass is 10.1. The highest BCUT2D eigenvalue weighted by Gasteiger charge is 2.41. The summed E-state index contributed by atoms with van der Waals surface area (Å²) in [6.07, 6.45) is 0.118. The Morgan fingerprint density at radius 3 is 2.50 bits per heavy atom. The number of methoxy groups -OCH3 is 1. The van der Waals surface area contributed by atoms with E-state index in [1.807, 2.05) is 6.07 Å². The van der Waals surface area contributed by atoms with E-state index in [4.69, 9.17) is 4.74 Å². The number of benzene rings is 2. The van der Waals surface area contributed by atoms with Crippen LogP contribution in [0.25, 0.3) is 0 Å². The van der Waals surface area contributed by atoms with E-state index in [9.17, 15) is 22.8 Å². The van der Waals surface area contributed by atoms with Gasteiger partial charge in [-0.2, -0.15) is 0 Å². The first-order chi connectivity index (χ1) is 16.2. The predicted molar refractivity (Wildman–Crippen MR) is 126 cm³/mol. The number of hydrogen-bond acceptors (Lipinski definition) is 6. The van der Waals surface area contributed by atoms with Crippen molar-refractivity contribution in [1.82, 2.24) is 14.5 Å². The van der Waals surface area contributed by atoms with Crippen molar-refractivity contribution in [2.45, 2.75) is 44.2 Å². The summed E-state index contributed by atoms with van der Waals surface area (Å²) in [5.41, 5.74) is 0.852. The number of fused-ring (bicyclic) bond motifs is 1. The van der Waals surface area contributed by atoms with Crippen molar-refractivity contribution < 1.29 is 27.5 Å². The van der Waals surface area contributed by atoms with Crippen molar-refractivity contribution >= 4 is 27.7 Å². The van der Waals surface area contributed by atoms with Gasteiger partial charge in [-0.1, -0.05) is 31.2 Å². The minimum Gasteiger partial charge on any atom is -0.497 e. The highest BCUT2D eigenvalue weighted by Crippen LogP contribution is 2.30. The topological polar surface area (TPSA) is 113 Å². The van der Waals surface area contributed by atoms with Crippen LogP contribution < -0.4 is 10.1 Å². The molecule has 1 aliphatic rings. The highest BCUT2D eigenvalue weighted by molar-refractivity contribution is 7.90. The van der Waals surface area contributed by atoms with Crippen LogP contribution in [0.3, 0.4) is 0 Å². The second-order valence-electron chi connectivity index (χ2n) is 7.82.